The summed E-state index contributed by atoms with van der Waals surface area (Å²) in [5.74, 6) is 0. The van der Waals surface area contributed by atoms with Crippen molar-refractivity contribution in [1.82, 2.24) is 4.90 Å². The van der Waals surface area contributed by atoms with Crippen LogP contribution in [0.5, 0.6) is 0 Å². The second-order valence-electron chi connectivity index (χ2n) is 10.8. The van der Waals surface area contributed by atoms with E-state index in [4.69, 9.17) is 8.92 Å². The van der Waals surface area contributed by atoms with Crippen molar-refractivity contribution < 1.29 is 22.1 Å². The van der Waals surface area contributed by atoms with Crippen LogP contribution in [-0.4, -0.2) is 38.2 Å². The number of unbranched alkanes of at least 4 members (excludes halogenated alkanes) is 2. The van der Waals surface area contributed by atoms with Gasteiger partial charge in [-0.3, -0.25) is 4.18 Å². The molecule has 6 nitrogen and oxygen atoms in total. The van der Waals surface area contributed by atoms with Crippen LogP contribution < -0.4 is 0 Å². The number of benzene rings is 4. The van der Waals surface area contributed by atoms with Gasteiger partial charge in [0.2, 0.25) is 0 Å². The summed E-state index contributed by atoms with van der Waals surface area (Å²) in [6, 6.07) is 25.2. The minimum absolute atomic E-state index is 0.0939. The third kappa shape index (κ3) is 7.58. The molecule has 0 saturated heterocycles. The van der Waals surface area contributed by atoms with Crippen LogP contribution in [0.4, 0.5) is 4.79 Å². The molecular formula is C32H37NO5S. The first-order valence-electron chi connectivity index (χ1n) is 13.4. The van der Waals surface area contributed by atoms with Crippen LogP contribution in [-0.2, 0) is 25.6 Å². The molecule has 0 aromatic heterocycles. The van der Waals surface area contributed by atoms with E-state index in [1.54, 1.807) is 29.2 Å². The smallest absolute Gasteiger partial charge is 0.410 e. The number of nitrogens with zero attached hydrogens (tertiary/aromatic N) is 1. The van der Waals surface area contributed by atoms with E-state index in [1.807, 2.05) is 52.0 Å². The van der Waals surface area contributed by atoms with Crippen LogP contribution in [0.1, 0.15) is 51.2 Å². The van der Waals surface area contributed by atoms with Crippen LogP contribution in [0.3, 0.4) is 0 Å². The van der Waals surface area contributed by atoms with Crippen LogP contribution in [0, 0.1) is 6.92 Å². The largest absolute Gasteiger partial charge is 0.444 e. The molecule has 0 fully saturated rings. The minimum Gasteiger partial charge on any atom is -0.444 e. The zero-order valence-electron chi connectivity index (χ0n) is 23.1. The molecule has 0 aliphatic rings. The van der Waals surface area contributed by atoms with E-state index < -0.39 is 15.7 Å². The van der Waals surface area contributed by atoms with Gasteiger partial charge in [-0.25, -0.2) is 4.79 Å². The number of ether oxygens (including phenoxy) is 1. The topological polar surface area (TPSA) is 72.9 Å². The Morgan fingerprint density at radius 1 is 0.821 bits per heavy atom. The van der Waals surface area contributed by atoms with Gasteiger partial charge in [-0.05, 0) is 92.3 Å². The van der Waals surface area contributed by atoms with Crippen LogP contribution in [0.15, 0.2) is 83.8 Å². The van der Waals surface area contributed by atoms with Gasteiger partial charge in [0.1, 0.15) is 5.60 Å². The van der Waals surface area contributed by atoms with Crippen molar-refractivity contribution in [2.24, 2.45) is 0 Å². The molecular weight excluding hydrogens is 510 g/mol. The number of amides is 1. The number of carbonyl (C=O) groups is 1. The molecule has 0 aliphatic heterocycles. The van der Waals surface area contributed by atoms with E-state index >= 15 is 0 Å². The average Bonchev–Trinajstić information content (AvgIpc) is 2.88. The molecule has 4 aromatic carbocycles. The molecule has 0 radical (unpaired) electrons. The summed E-state index contributed by atoms with van der Waals surface area (Å²) in [4.78, 5) is 15.2. The second-order valence-corrected chi connectivity index (χ2v) is 12.5. The molecule has 0 atom stereocenters. The fourth-order valence-electron chi connectivity index (χ4n) is 4.55. The molecule has 0 spiro atoms. The maximum absolute atomic E-state index is 13.3. The number of carbonyl (C=O) groups excluding carboxylic acids is 1. The number of rotatable bonds is 10. The third-order valence-electron chi connectivity index (χ3n) is 6.50. The SMILES string of the molecule is Cc1ccc(S(=O)(=O)OCCCCCN(Cc2c3ccccc3cc3ccccc23)C(=O)OC(C)(C)C)cc1. The first kappa shape index (κ1) is 28.6. The highest BCUT2D eigenvalue weighted by Crippen LogP contribution is 2.30. The monoisotopic (exact) mass is 547 g/mol. The van der Waals surface area contributed by atoms with Gasteiger partial charge in [-0.1, -0.05) is 66.2 Å². The molecule has 39 heavy (non-hydrogen) atoms. The lowest BCUT2D eigenvalue weighted by Gasteiger charge is -2.28. The van der Waals surface area contributed by atoms with Crippen LogP contribution >= 0.6 is 0 Å². The average molecular weight is 548 g/mol. The Kier molecular flexibility index (Phi) is 8.93. The van der Waals surface area contributed by atoms with Gasteiger partial charge >= 0.3 is 6.09 Å². The van der Waals surface area contributed by atoms with Gasteiger partial charge in [0.25, 0.3) is 10.1 Å². The van der Waals surface area contributed by atoms with Crippen LogP contribution in [0.25, 0.3) is 21.5 Å². The highest BCUT2D eigenvalue weighted by Gasteiger charge is 2.23. The van der Waals surface area contributed by atoms with Gasteiger partial charge < -0.3 is 9.64 Å². The van der Waals surface area contributed by atoms with Gasteiger partial charge in [0.05, 0.1) is 18.0 Å². The van der Waals surface area contributed by atoms with Gasteiger partial charge in [0.15, 0.2) is 0 Å². The van der Waals surface area contributed by atoms with E-state index in [-0.39, 0.29) is 17.6 Å². The zero-order chi connectivity index (χ0) is 28.0. The molecule has 0 aliphatic carbocycles. The lowest BCUT2D eigenvalue weighted by molar-refractivity contribution is 0.0231. The van der Waals surface area contributed by atoms with E-state index in [2.05, 4.69) is 30.3 Å². The lowest BCUT2D eigenvalue weighted by Crippen LogP contribution is -2.37. The molecule has 4 aromatic rings. The normalized spacial score (nSPS) is 12.1. The predicted octanol–water partition coefficient (Wildman–Crippen LogP) is 7.61. The number of hydrogen-bond acceptors (Lipinski definition) is 5. The van der Waals surface area contributed by atoms with E-state index in [9.17, 15) is 13.2 Å². The number of fused-ring (bicyclic) bond motifs is 2. The van der Waals surface area contributed by atoms with Gasteiger partial charge in [0, 0.05) is 6.54 Å². The molecule has 1 amide bonds. The van der Waals surface area contributed by atoms with Gasteiger partial charge in [-0.15, -0.1) is 0 Å². The summed E-state index contributed by atoms with van der Waals surface area (Å²) in [5.41, 5.74) is 1.45. The summed E-state index contributed by atoms with van der Waals surface area (Å²) in [6.07, 6.45) is 1.59. The molecule has 7 heteroatoms. The highest BCUT2D eigenvalue weighted by atomic mass is 32.2. The molecule has 4 rings (SSSR count). The summed E-state index contributed by atoms with van der Waals surface area (Å²) in [5, 5.41) is 4.48. The van der Waals surface area contributed by atoms with Gasteiger partial charge in [-0.2, -0.15) is 8.42 Å². The summed E-state index contributed by atoms with van der Waals surface area (Å²) in [6.45, 7) is 8.48. The fourth-order valence-corrected chi connectivity index (χ4v) is 5.50. The standard InChI is InChI=1S/C32H37NO5S/c1-24-16-18-27(19-17-24)39(35,36)37-21-11-5-10-20-33(31(34)38-32(2,3)4)23-30-28-14-8-6-12-25(28)22-26-13-7-9-15-29(26)30/h6-9,12-19,22H,5,10-11,20-21,23H2,1-4H3. The van der Waals surface area contributed by atoms with Crippen LogP contribution in [0.2, 0.25) is 0 Å². The molecule has 0 heterocycles. The van der Waals surface area contributed by atoms with Crippen molar-refractivity contribution in [3.8, 4) is 0 Å². The summed E-state index contributed by atoms with van der Waals surface area (Å²) >= 11 is 0. The Balaban J connectivity index is 1.44. The zero-order valence-corrected chi connectivity index (χ0v) is 24.0. The van der Waals surface area contributed by atoms with Crippen molar-refractivity contribution >= 4 is 37.8 Å². The lowest BCUT2D eigenvalue weighted by atomic mass is 9.96. The Bertz CT molecular complexity index is 1480. The van der Waals surface area contributed by atoms with Crippen molar-refractivity contribution in [3.05, 3.63) is 90.0 Å². The summed E-state index contributed by atoms with van der Waals surface area (Å²) in [7, 11) is -3.78. The molecule has 0 N–H and O–H groups in total. The molecule has 0 bridgehead atoms. The Hall–Kier alpha value is -3.42. The molecule has 0 saturated carbocycles. The van der Waals surface area contributed by atoms with E-state index in [0.29, 0.717) is 32.4 Å². The molecule has 0 unspecified atom stereocenters. The van der Waals surface area contributed by atoms with Crippen molar-refractivity contribution in [2.75, 3.05) is 13.2 Å². The highest BCUT2D eigenvalue weighted by molar-refractivity contribution is 7.86. The summed E-state index contributed by atoms with van der Waals surface area (Å²) < 4.78 is 35.9. The minimum atomic E-state index is -3.78. The number of hydrogen-bond donors (Lipinski definition) is 0. The van der Waals surface area contributed by atoms with E-state index in [0.717, 1.165) is 32.7 Å². The second kappa shape index (κ2) is 12.2. The molecule has 206 valence electrons. The predicted molar refractivity (Wildman–Crippen MR) is 156 cm³/mol. The number of aryl methyl sites for hydroxylation is 1. The fraction of sp³-hybridized carbons (Fsp3) is 0.344. The maximum atomic E-state index is 13.3. The quantitative estimate of drug-likeness (QED) is 0.116. The Morgan fingerprint density at radius 2 is 1.41 bits per heavy atom. The maximum Gasteiger partial charge on any atom is 0.410 e. The third-order valence-corrected chi connectivity index (χ3v) is 7.83. The first-order valence-corrected chi connectivity index (χ1v) is 14.8. The Labute approximate surface area is 231 Å². The van der Waals surface area contributed by atoms with Crippen molar-refractivity contribution in [2.45, 2.75) is 64.0 Å². The van der Waals surface area contributed by atoms with Crippen molar-refractivity contribution in [3.63, 3.8) is 0 Å². The first-order chi connectivity index (χ1) is 18.5. The van der Waals surface area contributed by atoms with E-state index in [1.165, 1.54) is 0 Å². The Morgan fingerprint density at radius 3 is 2.00 bits per heavy atom. The van der Waals surface area contributed by atoms with Crippen molar-refractivity contribution in [1.29, 1.82) is 0 Å².